The molecule has 8 nitrogen and oxygen atoms in total. The number of nitrogens with zero attached hydrogens (tertiary/aromatic N) is 2. The van der Waals surface area contributed by atoms with Gasteiger partial charge in [-0.1, -0.05) is 0 Å². The van der Waals surface area contributed by atoms with Gasteiger partial charge in [0.05, 0.1) is 22.2 Å². The average molecular weight is 356 g/mol. The van der Waals surface area contributed by atoms with E-state index in [0.29, 0.717) is 6.42 Å². The Kier molecular flexibility index (Phi) is 4.77. The summed E-state index contributed by atoms with van der Waals surface area (Å²) in [6.45, 7) is 1.86. The van der Waals surface area contributed by atoms with Crippen LogP contribution in [0.1, 0.15) is 36.6 Å². The second-order valence-corrected chi connectivity index (χ2v) is 6.48. The summed E-state index contributed by atoms with van der Waals surface area (Å²) in [6.07, 6.45) is 0.350. The molecule has 0 bridgehead atoms. The lowest BCUT2D eigenvalue weighted by Crippen LogP contribution is -2.90. The third kappa shape index (κ3) is 3.45. The van der Waals surface area contributed by atoms with Gasteiger partial charge in [0, 0.05) is 35.4 Å². The summed E-state index contributed by atoms with van der Waals surface area (Å²) in [4.78, 5) is 33.2. The topological polar surface area (TPSA) is 120 Å². The van der Waals surface area contributed by atoms with Crippen molar-refractivity contribution in [2.75, 3.05) is 0 Å². The number of carbonyl (C=O) groups is 1. The number of hydrogen-bond donors (Lipinski definition) is 1. The van der Waals surface area contributed by atoms with Gasteiger partial charge in [0.15, 0.2) is 0 Å². The second kappa shape index (κ2) is 7.01. The van der Waals surface area contributed by atoms with Crippen molar-refractivity contribution < 1.29 is 20.0 Å². The molecule has 3 rings (SSSR count). The Hall–Kier alpha value is -3.13. The minimum absolute atomic E-state index is 0.00968. The van der Waals surface area contributed by atoms with Crippen LogP contribution >= 0.6 is 0 Å². The average Bonchev–Trinajstić information content (AvgIpc) is 2.64. The van der Waals surface area contributed by atoms with E-state index in [4.69, 9.17) is 0 Å². The lowest BCUT2D eigenvalue weighted by molar-refractivity contribution is -0.742. The van der Waals surface area contributed by atoms with E-state index in [1.807, 2.05) is 6.92 Å². The second-order valence-electron chi connectivity index (χ2n) is 6.48. The fraction of sp³-hybridized carbons (Fsp3) is 0.278. The lowest BCUT2D eigenvalue weighted by atomic mass is 9.82. The number of Topliss-reactive ketones (excluding diaryl/α,β-unsaturated/α-hetero) is 1. The van der Waals surface area contributed by atoms with Gasteiger partial charge in [0.25, 0.3) is 11.4 Å². The molecule has 2 aromatic carbocycles. The summed E-state index contributed by atoms with van der Waals surface area (Å²) in [5.41, 5.74) is 1.72. The predicted octanol–water partition coefficient (Wildman–Crippen LogP) is 2.46. The summed E-state index contributed by atoms with van der Waals surface area (Å²) in [5, 5.41) is 23.7. The van der Waals surface area contributed by atoms with Crippen molar-refractivity contribution in [3.63, 3.8) is 0 Å². The molecule has 1 fully saturated rings. The SMILES string of the molecule is C[C@@H]1C(=O)C[C@@H](c2ccc([N+](=O)[O-])cc2)[NH2+][C@H]1c1ccc([N+](=O)[O-])cc1. The number of hydrogen-bond acceptors (Lipinski definition) is 5. The minimum Gasteiger partial charge on any atom is -0.333 e. The molecule has 2 N–H and O–H groups in total. The molecule has 1 aliphatic heterocycles. The van der Waals surface area contributed by atoms with E-state index in [2.05, 4.69) is 5.32 Å². The van der Waals surface area contributed by atoms with Crippen LogP contribution in [0.25, 0.3) is 0 Å². The summed E-state index contributed by atoms with van der Waals surface area (Å²) < 4.78 is 0. The first-order chi connectivity index (χ1) is 12.4. The van der Waals surface area contributed by atoms with Crippen LogP contribution < -0.4 is 5.32 Å². The first-order valence-corrected chi connectivity index (χ1v) is 8.23. The molecule has 26 heavy (non-hydrogen) atoms. The van der Waals surface area contributed by atoms with E-state index >= 15 is 0 Å². The molecule has 1 saturated heterocycles. The molecule has 134 valence electrons. The van der Waals surface area contributed by atoms with Crippen molar-refractivity contribution in [2.45, 2.75) is 25.4 Å². The molecule has 0 radical (unpaired) electrons. The number of carbonyl (C=O) groups excluding carboxylic acids is 1. The maximum Gasteiger partial charge on any atom is 0.269 e. The van der Waals surface area contributed by atoms with Gasteiger partial charge in [-0.05, 0) is 31.2 Å². The number of rotatable bonds is 4. The zero-order valence-electron chi connectivity index (χ0n) is 14.1. The molecule has 0 aromatic heterocycles. The third-order valence-electron chi connectivity index (χ3n) is 4.93. The van der Waals surface area contributed by atoms with Crippen molar-refractivity contribution in [3.05, 3.63) is 79.9 Å². The van der Waals surface area contributed by atoms with E-state index in [-0.39, 0.29) is 35.2 Å². The quantitative estimate of drug-likeness (QED) is 0.666. The fourth-order valence-electron chi connectivity index (χ4n) is 3.38. The number of ketones is 1. The van der Waals surface area contributed by atoms with Crippen molar-refractivity contribution in [2.24, 2.45) is 5.92 Å². The first kappa shape index (κ1) is 17.7. The lowest BCUT2D eigenvalue weighted by Gasteiger charge is -2.32. The number of nitrogens with two attached hydrogens (primary N) is 1. The van der Waals surface area contributed by atoms with Crippen LogP contribution in [0.2, 0.25) is 0 Å². The maximum atomic E-state index is 12.5. The molecule has 0 saturated carbocycles. The molecule has 8 heteroatoms. The van der Waals surface area contributed by atoms with E-state index in [1.54, 1.807) is 24.3 Å². The van der Waals surface area contributed by atoms with Crippen LogP contribution in [-0.2, 0) is 4.79 Å². The van der Waals surface area contributed by atoms with Gasteiger partial charge in [-0.25, -0.2) is 0 Å². The van der Waals surface area contributed by atoms with Gasteiger partial charge in [0.2, 0.25) is 0 Å². The molecule has 2 aromatic rings. The van der Waals surface area contributed by atoms with Crippen LogP contribution in [0.5, 0.6) is 0 Å². The minimum atomic E-state index is -0.457. The smallest absolute Gasteiger partial charge is 0.269 e. The number of piperidine rings is 1. The Bertz CT molecular complexity index is 848. The van der Waals surface area contributed by atoms with Crippen molar-refractivity contribution in [3.8, 4) is 0 Å². The monoisotopic (exact) mass is 356 g/mol. The predicted molar refractivity (Wildman–Crippen MR) is 92.4 cm³/mol. The van der Waals surface area contributed by atoms with Gasteiger partial charge in [-0.2, -0.15) is 0 Å². The normalized spacial score (nSPS) is 22.8. The van der Waals surface area contributed by atoms with E-state index < -0.39 is 9.85 Å². The summed E-state index contributed by atoms with van der Waals surface area (Å²) in [7, 11) is 0. The van der Waals surface area contributed by atoms with Crippen molar-refractivity contribution in [1.29, 1.82) is 0 Å². The summed E-state index contributed by atoms with van der Waals surface area (Å²) >= 11 is 0. The van der Waals surface area contributed by atoms with Gasteiger partial charge in [-0.15, -0.1) is 0 Å². The molecule has 0 aliphatic carbocycles. The van der Waals surface area contributed by atoms with Crippen LogP contribution in [0.15, 0.2) is 48.5 Å². The Morgan fingerprint density at radius 1 is 0.885 bits per heavy atom. The molecular weight excluding hydrogens is 338 g/mol. The van der Waals surface area contributed by atoms with Crippen LogP contribution in [-0.4, -0.2) is 15.6 Å². The van der Waals surface area contributed by atoms with E-state index in [1.165, 1.54) is 24.3 Å². The van der Waals surface area contributed by atoms with Crippen LogP contribution in [0.4, 0.5) is 11.4 Å². The number of nitro groups is 2. The van der Waals surface area contributed by atoms with Crippen molar-refractivity contribution >= 4 is 17.2 Å². The van der Waals surface area contributed by atoms with Gasteiger partial charge in [0.1, 0.15) is 17.9 Å². The Labute approximate surface area is 149 Å². The first-order valence-electron chi connectivity index (χ1n) is 8.23. The zero-order chi connectivity index (χ0) is 18.8. The number of non-ortho nitro benzene ring substituents is 2. The Balaban J connectivity index is 1.85. The zero-order valence-corrected chi connectivity index (χ0v) is 14.1. The molecular formula is C18H18N3O5+. The third-order valence-corrected chi connectivity index (χ3v) is 4.93. The molecule has 0 unspecified atom stereocenters. The fourth-order valence-corrected chi connectivity index (χ4v) is 3.38. The van der Waals surface area contributed by atoms with Gasteiger partial charge >= 0.3 is 0 Å². The summed E-state index contributed by atoms with van der Waals surface area (Å²) in [5.74, 6) is -0.107. The van der Waals surface area contributed by atoms with E-state index in [9.17, 15) is 25.0 Å². The maximum absolute atomic E-state index is 12.5. The van der Waals surface area contributed by atoms with E-state index in [0.717, 1.165) is 11.1 Å². The molecule has 1 aliphatic rings. The van der Waals surface area contributed by atoms with Crippen LogP contribution in [0, 0.1) is 26.1 Å². The highest BCUT2D eigenvalue weighted by Crippen LogP contribution is 2.30. The molecule has 3 atom stereocenters. The standard InChI is InChI=1S/C18H17N3O5/c1-11-17(22)10-16(12-2-6-14(7-3-12)20(23)24)19-18(11)13-4-8-15(9-5-13)21(25)26/h2-9,11,16,18-19H,10H2,1H3/p+1/t11-,16+,18-/m1/s1. The van der Waals surface area contributed by atoms with Gasteiger partial charge < -0.3 is 5.32 Å². The summed E-state index contributed by atoms with van der Waals surface area (Å²) in [6, 6.07) is 12.2. The highest BCUT2D eigenvalue weighted by molar-refractivity contribution is 5.82. The van der Waals surface area contributed by atoms with Crippen molar-refractivity contribution in [1.82, 2.24) is 0 Å². The molecule has 1 heterocycles. The number of nitro benzene ring substituents is 2. The Morgan fingerprint density at radius 2 is 1.35 bits per heavy atom. The number of quaternary nitrogens is 1. The molecule has 0 amide bonds. The van der Waals surface area contributed by atoms with Crippen LogP contribution in [0.3, 0.4) is 0 Å². The largest absolute Gasteiger partial charge is 0.333 e. The van der Waals surface area contributed by atoms with Gasteiger partial charge in [-0.3, -0.25) is 25.0 Å². The molecule has 0 spiro atoms. The highest BCUT2D eigenvalue weighted by Gasteiger charge is 2.38. The number of benzene rings is 2. The Morgan fingerprint density at radius 3 is 1.81 bits per heavy atom. The highest BCUT2D eigenvalue weighted by atomic mass is 16.6.